The van der Waals surface area contributed by atoms with Crippen LogP contribution in [0.15, 0.2) is 16.9 Å². The van der Waals surface area contributed by atoms with Crippen molar-refractivity contribution in [2.75, 3.05) is 5.75 Å². The van der Waals surface area contributed by atoms with E-state index in [1.54, 1.807) is 6.39 Å². The molecule has 2 aromatic heterocycles. The third-order valence-electron chi connectivity index (χ3n) is 3.28. The van der Waals surface area contributed by atoms with E-state index in [2.05, 4.69) is 37.1 Å². The molecule has 0 saturated heterocycles. The molecule has 20 heavy (non-hydrogen) atoms. The SMILES string of the molecule is CC(C)(C)NCc1ncoc1-c1cc2c(s1)CCSC2. The monoisotopic (exact) mass is 308 g/mol. The summed E-state index contributed by atoms with van der Waals surface area (Å²) in [5, 5.41) is 3.47. The first-order chi connectivity index (χ1) is 9.53. The van der Waals surface area contributed by atoms with Gasteiger partial charge in [0.25, 0.3) is 0 Å². The lowest BCUT2D eigenvalue weighted by molar-refractivity contribution is 0.421. The van der Waals surface area contributed by atoms with E-state index in [0.29, 0.717) is 0 Å². The summed E-state index contributed by atoms with van der Waals surface area (Å²) in [7, 11) is 0. The molecular formula is C15H20N2OS2. The Bertz CT molecular complexity index is 572. The van der Waals surface area contributed by atoms with E-state index in [9.17, 15) is 0 Å². The van der Waals surface area contributed by atoms with E-state index in [0.717, 1.165) is 23.8 Å². The van der Waals surface area contributed by atoms with Crippen molar-refractivity contribution in [3.63, 3.8) is 0 Å². The lowest BCUT2D eigenvalue weighted by Gasteiger charge is -2.19. The van der Waals surface area contributed by atoms with Gasteiger partial charge in [-0.1, -0.05) is 0 Å². The average molecular weight is 308 g/mol. The molecule has 2 aromatic rings. The predicted molar refractivity (Wildman–Crippen MR) is 86.3 cm³/mol. The Hall–Kier alpha value is -0.780. The van der Waals surface area contributed by atoms with Crippen molar-refractivity contribution >= 4 is 23.1 Å². The van der Waals surface area contributed by atoms with Gasteiger partial charge in [0.05, 0.1) is 4.88 Å². The molecule has 0 unspecified atom stereocenters. The molecule has 0 aliphatic carbocycles. The Balaban J connectivity index is 1.84. The van der Waals surface area contributed by atoms with Gasteiger partial charge in [0, 0.05) is 22.7 Å². The molecule has 0 aromatic carbocycles. The normalized spacial score (nSPS) is 15.3. The van der Waals surface area contributed by atoms with Crippen molar-refractivity contribution in [2.45, 2.75) is 45.0 Å². The number of aryl methyl sites for hydroxylation is 1. The van der Waals surface area contributed by atoms with Crippen LogP contribution in [0.5, 0.6) is 0 Å². The van der Waals surface area contributed by atoms with E-state index in [1.807, 2.05) is 23.1 Å². The van der Waals surface area contributed by atoms with Crippen LogP contribution in [-0.4, -0.2) is 16.3 Å². The summed E-state index contributed by atoms with van der Waals surface area (Å²) in [5.41, 5.74) is 2.57. The molecule has 0 atom stereocenters. The molecular weight excluding hydrogens is 288 g/mol. The maximum absolute atomic E-state index is 5.65. The zero-order valence-corrected chi connectivity index (χ0v) is 13.8. The van der Waals surface area contributed by atoms with Gasteiger partial charge in [0.2, 0.25) is 0 Å². The number of nitrogens with zero attached hydrogens (tertiary/aromatic N) is 1. The van der Waals surface area contributed by atoms with E-state index < -0.39 is 0 Å². The van der Waals surface area contributed by atoms with Crippen LogP contribution in [0, 0.1) is 0 Å². The third kappa shape index (κ3) is 3.10. The fourth-order valence-corrected chi connectivity index (χ4v) is 4.59. The average Bonchev–Trinajstić information content (AvgIpc) is 3.01. The summed E-state index contributed by atoms with van der Waals surface area (Å²) in [5.74, 6) is 3.31. The van der Waals surface area contributed by atoms with Gasteiger partial charge in [-0.05, 0) is 44.6 Å². The lowest BCUT2D eigenvalue weighted by Crippen LogP contribution is -2.35. The summed E-state index contributed by atoms with van der Waals surface area (Å²) in [4.78, 5) is 7.12. The number of hydrogen-bond donors (Lipinski definition) is 1. The van der Waals surface area contributed by atoms with Gasteiger partial charge < -0.3 is 9.73 Å². The summed E-state index contributed by atoms with van der Waals surface area (Å²) in [6, 6.07) is 2.28. The molecule has 1 N–H and O–H groups in total. The number of hydrogen-bond acceptors (Lipinski definition) is 5. The van der Waals surface area contributed by atoms with Gasteiger partial charge in [-0.2, -0.15) is 11.8 Å². The van der Waals surface area contributed by atoms with E-state index in [-0.39, 0.29) is 5.54 Å². The fraction of sp³-hybridized carbons (Fsp3) is 0.533. The molecule has 0 radical (unpaired) electrons. The number of aromatic nitrogens is 1. The zero-order valence-electron chi connectivity index (χ0n) is 12.2. The second kappa shape index (κ2) is 5.54. The summed E-state index contributed by atoms with van der Waals surface area (Å²) >= 11 is 3.88. The van der Waals surface area contributed by atoms with Crippen molar-refractivity contribution in [1.29, 1.82) is 0 Å². The highest BCUT2D eigenvalue weighted by Gasteiger charge is 2.19. The molecule has 3 rings (SSSR count). The Kier molecular flexibility index (Phi) is 3.93. The standard InChI is InChI=1S/C15H20N2OS2/c1-15(2,3)17-7-11-14(18-9-16-11)13-6-10-8-19-5-4-12(10)20-13/h6,9,17H,4-5,7-8H2,1-3H3. The highest BCUT2D eigenvalue weighted by atomic mass is 32.2. The van der Waals surface area contributed by atoms with Gasteiger partial charge >= 0.3 is 0 Å². The smallest absolute Gasteiger partial charge is 0.181 e. The molecule has 3 heterocycles. The molecule has 3 nitrogen and oxygen atoms in total. The van der Waals surface area contributed by atoms with Gasteiger partial charge in [0.1, 0.15) is 5.69 Å². The third-order valence-corrected chi connectivity index (χ3v) is 5.52. The van der Waals surface area contributed by atoms with Crippen molar-refractivity contribution in [2.24, 2.45) is 0 Å². The zero-order chi connectivity index (χ0) is 14.2. The van der Waals surface area contributed by atoms with Crippen LogP contribution in [0.25, 0.3) is 10.6 Å². The van der Waals surface area contributed by atoms with Gasteiger partial charge in [0.15, 0.2) is 12.2 Å². The maximum Gasteiger partial charge on any atom is 0.181 e. The first-order valence-electron chi connectivity index (χ1n) is 6.90. The Morgan fingerprint density at radius 2 is 2.25 bits per heavy atom. The summed E-state index contributed by atoms with van der Waals surface area (Å²) in [6.45, 7) is 7.22. The lowest BCUT2D eigenvalue weighted by atomic mass is 10.1. The van der Waals surface area contributed by atoms with Gasteiger partial charge in [-0.3, -0.25) is 0 Å². The largest absolute Gasteiger partial charge is 0.442 e. The van der Waals surface area contributed by atoms with Crippen LogP contribution in [0.2, 0.25) is 0 Å². The number of thioether (sulfide) groups is 1. The summed E-state index contributed by atoms with van der Waals surface area (Å²) < 4.78 is 5.65. The highest BCUT2D eigenvalue weighted by molar-refractivity contribution is 7.98. The molecule has 0 bridgehead atoms. The molecule has 1 aliphatic rings. The van der Waals surface area contributed by atoms with Crippen LogP contribution in [-0.2, 0) is 18.7 Å². The molecule has 5 heteroatoms. The number of oxazole rings is 1. The van der Waals surface area contributed by atoms with Crippen LogP contribution >= 0.6 is 23.1 Å². The van der Waals surface area contributed by atoms with Crippen molar-refractivity contribution in [1.82, 2.24) is 10.3 Å². The highest BCUT2D eigenvalue weighted by Crippen LogP contribution is 2.38. The molecule has 1 aliphatic heterocycles. The quantitative estimate of drug-likeness (QED) is 0.927. The fourth-order valence-electron chi connectivity index (χ4n) is 2.20. The van der Waals surface area contributed by atoms with E-state index in [1.165, 1.54) is 27.5 Å². The Labute approximate surface area is 128 Å². The number of thiophene rings is 1. The topological polar surface area (TPSA) is 38.1 Å². The maximum atomic E-state index is 5.65. The van der Waals surface area contributed by atoms with Crippen LogP contribution < -0.4 is 5.32 Å². The number of fused-ring (bicyclic) bond motifs is 1. The minimum atomic E-state index is 0.0849. The number of nitrogens with one attached hydrogen (secondary N) is 1. The van der Waals surface area contributed by atoms with Gasteiger partial charge in [-0.15, -0.1) is 11.3 Å². The van der Waals surface area contributed by atoms with Crippen molar-refractivity contribution in [3.8, 4) is 10.6 Å². The van der Waals surface area contributed by atoms with Crippen molar-refractivity contribution < 1.29 is 4.42 Å². The first-order valence-corrected chi connectivity index (χ1v) is 8.87. The van der Waals surface area contributed by atoms with Crippen LogP contribution in [0.3, 0.4) is 0 Å². The molecule has 0 fully saturated rings. The first kappa shape index (κ1) is 14.2. The minimum Gasteiger partial charge on any atom is -0.442 e. The van der Waals surface area contributed by atoms with Gasteiger partial charge in [-0.25, -0.2) is 4.98 Å². The molecule has 0 saturated carbocycles. The Morgan fingerprint density at radius 1 is 1.40 bits per heavy atom. The van der Waals surface area contributed by atoms with E-state index >= 15 is 0 Å². The van der Waals surface area contributed by atoms with E-state index in [4.69, 9.17) is 4.42 Å². The second-order valence-electron chi connectivity index (χ2n) is 6.09. The van der Waals surface area contributed by atoms with Crippen molar-refractivity contribution in [3.05, 3.63) is 28.6 Å². The molecule has 108 valence electrons. The minimum absolute atomic E-state index is 0.0849. The summed E-state index contributed by atoms with van der Waals surface area (Å²) in [6.07, 6.45) is 2.75. The second-order valence-corrected chi connectivity index (χ2v) is 8.34. The molecule has 0 spiro atoms. The predicted octanol–water partition coefficient (Wildman–Crippen LogP) is 4.08. The number of rotatable bonds is 3. The Morgan fingerprint density at radius 3 is 3.00 bits per heavy atom. The van der Waals surface area contributed by atoms with Crippen LogP contribution in [0.1, 0.15) is 36.9 Å². The van der Waals surface area contributed by atoms with Crippen LogP contribution in [0.4, 0.5) is 0 Å². The molecule has 0 amide bonds.